The minimum Gasteiger partial charge on any atom is -0.306 e. The van der Waals surface area contributed by atoms with Gasteiger partial charge >= 0.3 is 0 Å². The van der Waals surface area contributed by atoms with Crippen molar-refractivity contribution in [3.8, 4) is 0 Å². The van der Waals surface area contributed by atoms with Crippen molar-refractivity contribution in [1.82, 2.24) is 15.0 Å². The average molecular weight is 249 g/mol. The maximum Gasteiger partial charge on any atom is 0.258 e. The van der Waals surface area contributed by atoms with E-state index in [-0.39, 0.29) is 11.1 Å². The van der Waals surface area contributed by atoms with Crippen LogP contribution in [0.4, 0.5) is 5.82 Å². The van der Waals surface area contributed by atoms with Crippen molar-refractivity contribution in [2.75, 3.05) is 5.32 Å². The second-order valence-corrected chi connectivity index (χ2v) is 3.70. The molecule has 0 unspecified atom stereocenters. The molecule has 2 heterocycles. The van der Waals surface area contributed by atoms with E-state index in [0.717, 1.165) is 0 Å². The summed E-state index contributed by atoms with van der Waals surface area (Å²) < 4.78 is 0. The van der Waals surface area contributed by atoms with Crippen LogP contribution in [0.25, 0.3) is 0 Å². The Bertz CT molecular complexity index is 559. The highest BCUT2D eigenvalue weighted by atomic mass is 35.5. The highest BCUT2D eigenvalue weighted by Gasteiger charge is 2.10. The van der Waals surface area contributed by atoms with E-state index in [1.54, 1.807) is 25.3 Å². The van der Waals surface area contributed by atoms with E-state index < -0.39 is 0 Å². The summed E-state index contributed by atoms with van der Waals surface area (Å²) in [4.78, 5) is 23.5. The van der Waals surface area contributed by atoms with Crippen LogP contribution in [0.3, 0.4) is 0 Å². The van der Waals surface area contributed by atoms with Crippen LogP contribution in [-0.2, 0) is 0 Å². The first kappa shape index (κ1) is 11.5. The van der Waals surface area contributed by atoms with Gasteiger partial charge in [-0.2, -0.15) is 0 Å². The van der Waals surface area contributed by atoms with Crippen LogP contribution in [-0.4, -0.2) is 20.9 Å². The minimum atomic E-state index is -0.273. The third-order valence-electron chi connectivity index (χ3n) is 2.13. The molecule has 0 saturated heterocycles. The molecular formula is C11H9ClN4O. The highest BCUT2D eigenvalue weighted by Crippen LogP contribution is 2.11. The highest BCUT2D eigenvalue weighted by molar-refractivity contribution is 6.29. The van der Waals surface area contributed by atoms with Crippen LogP contribution in [0.5, 0.6) is 0 Å². The lowest BCUT2D eigenvalue weighted by atomic mass is 10.2. The van der Waals surface area contributed by atoms with Crippen molar-refractivity contribution >= 4 is 23.3 Å². The fourth-order valence-electron chi connectivity index (χ4n) is 1.31. The van der Waals surface area contributed by atoms with Crippen LogP contribution in [0.1, 0.15) is 16.1 Å². The number of amides is 1. The normalized spacial score (nSPS) is 10.0. The third-order valence-corrected chi connectivity index (χ3v) is 2.33. The minimum absolute atomic E-state index is 0.273. The third kappa shape index (κ3) is 2.76. The van der Waals surface area contributed by atoms with E-state index in [1.807, 2.05) is 0 Å². The Kier molecular flexibility index (Phi) is 3.30. The van der Waals surface area contributed by atoms with E-state index in [2.05, 4.69) is 20.3 Å². The molecule has 0 spiro atoms. The Morgan fingerprint density at radius 3 is 2.88 bits per heavy atom. The number of nitrogens with zero attached hydrogens (tertiary/aromatic N) is 3. The number of hydrogen-bond donors (Lipinski definition) is 1. The van der Waals surface area contributed by atoms with Gasteiger partial charge in [0.05, 0.1) is 5.56 Å². The van der Waals surface area contributed by atoms with E-state index >= 15 is 0 Å². The summed E-state index contributed by atoms with van der Waals surface area (Å²) in [7, 11) is 0. The van der Waals surface area contributed by atoms with Crippen molar-refractivity contribution in [2.24, 2.45) is 0 Å². The largest absolute Gasteiger partial charge is 0.306 e. The van der Waals surface area contributed by atoms with Gasteiger partial charge in [0.2, 0.25) is 0 Å². The van der Waals surface area contributed by atoms with Gasteiger partial charge in [0.25, 0.3) is 5.91 Å². The van der Waals surface area contributed by atoms with Crippen molar-refractivity contribution in [3.63, 3.8) is 0 Å². The fraction of sp³-hybridized carbons (Fsp3) is 0.0909. The predicted octanol–water partition coefficient (Wildman–Crippen LogP) is 2.09. The molecule has 86 valence electrons. The lowest BCUT2D eigenvalue weighted by molar-refractivity contribution is 0.102. The molecule has 1 amide bonds. The van der Waals surface area contributed by atoms with Crippen LogP contribution in [0, 0.1) is 6.92 Å². The molecule has 0 saturated carbocycles. The molecule has 0 aliphatic rings. The number of halogens is 1. The number of nitrogens with one attached hydrogen (secondary N) is 1. The Morgan fingerprint density at radius 1 is 1.35 bits per heavy atom. The number of hydrogen-bond acceptors (Lipinski definition) is 4. The lowest BCUT2D eigenvalue weighted by Crippen LogP contribution is -2.14. The molecule has 0 bridgehead atoms. The van der Waals surface area contributed by atoms with Gasteiger partial charge in [0, 0.05) is 18.0 Å². The molecule has 17 heavy (non-hydrogen) atoms. The van der Waals surface area contributed by atoms with E-state index in [1.165, 1.54) is 12.4 Å². The van der Waals surface area contributed by atoms with E-state index in [0.29, 0.717) is 17.1 Å². The Balaban J connectivity index is 2.20. The molecule has 0 fully saturated rings. The second-order valence-electron chi connectivity index (χ2n) is 3.32. The molecule has 6 heteroatoms. The van der Waals surface area contributed by atoms with Crippen molar-refractivity contribution in [2.45, 2.75) is 6.92 Å². The number of aryl methyl sites for hydroxylation is 1. The standard InChI is InChI=1S/C11H9ClN4O/c1-7-8(3-2-4-13-7)11(17)16-10-5-9(12)14-6-15-10/h2-6H,1H3,(H,14,15,16,17). The number of rotatable bonds is 2. The topological polar surface area (TPSA) is 67.8 Å². The maximum atomic E-state index is 11.9. The predicted molar refractivity (Wildman–Crippen MR) is 64.0 cm³/mol. The molecule has 0 aliphatic carbocycles. The molecule has 0 radical (unpaired) electrons. The van der Waals surface area contributed by atoms with Gasteiger partial charge in [-0.3, -0.25) is 9.78 Å². The first-order chi connectivity index (χ1) is 8.16. The van der Waals surface area contributed by atoms with Gasteiger partial charge in [0.1, 0.15) is 17.3 Å². The SMILES string of the molecule is Cc1ncccc1C(=O)Nc1cc(Cl)ncn1. The fourth-order valence-corrected chi connectivity index (χ4v) is 1.46. The smallest absolute Gasteiger partial charge is 0.258 e. The van der Waals surface area contributed by atoms with Crippen molar-refractivity contribution in [3.05, 3.63) is 47.1 Å². The summed E-state index contributed by atoms with van der Waals surface area (Å²) in [5, 5.41) is 2.90. The van der Waals surface area contributed by atoms with Crippen LogP contribution in [0.15, 0.2) is 30.7 Å². The second kappa shape index (κ2) is 4.88. The quantitative estimate of drug-likeness (QED) is 0.827. The zero-order valence-electron chi connectivity index (χ0n) is 9.01. The summed E-state index contributed by atoms with van der Waals surface area (Å²) >= 11 is 5.69. The van der Waals surface area contributed by atoms with Crippen LogP contribution < -0.4 is 5.32 Å². The average Bonchev–Trinajstić information content (AvgIpc) is 2.29. The number of anilines is 1. The zero-order valence-corrected chi connectivity index (χ0v) is 9.77. The summed E-state index contributed by atoms with van der Waals surface area (Å²) in [6.45, 7) is 1.77. The summed E-state index contributed by atoms with van der Waals surface area (Å²) in [5.74, 6) is 0.0867. The number of carbonyl (C=O) groups excluding carboxylic acids is 1. The molecule has 5 nitrogen and oxygen atoms in total. The zero-order chi connectivity index (χ0) is 12.3. The van der Waals surface area contributed by atoms with Crippen LogP contribution in [0.2, 0.25) is 5.15 Å². The van der Waals surface area contributed by atoms with Gasteiger partial charge < -0.3 is 5.32 Å². The summed E-state index contributed by atoms with van der Waals surface area (Å²) in [6, 6.07) is 4.88. The molecular weight excluding hydrogens is 240 g/mol. The molecule has 2 rings (SSSR count). The van der Waals surface area contributed by atoms with Gasteiger partial charge in [-0.15, -0.1) is 0 Å². The van der Waals surface area contributed by atoms with Crippen molar-refractivity contribution < 1.29 is 4.79 Å². The van der Waals surface area contributed by atoms with E-state index in [9.17, 15) is 4.79 Å². The summed E-state index contributed by atoms with van der Waals surface area (Å²) in [6.07, 6.45) is 2.92. The van der Waals surface area contributed by atoms with Gasteiger partial charge in [-0.1, -0.05) is 11.6 Å². The van der Waals surface area contributed by atoms with Gasteiger partial charge in [-0.25, -0.2) is 9.97 Å². The summed E-state index contributed by atoms with van der Waals surface area (Å²) in [5.41, 5.74) is 1.16. The Hall–Kier alpha value is -2.01. The Morgan fingerprint density at radius 2 is 2.18 bits per heavy atom. The van der Waals surface area contributed by atoms with Crippen LogP contribution >= 0.6 is 11.6 Å². The van der Waals surface area contributed by atoms with E-state index in [4.69, 9.17) is 11.6 Å². The molecule has 2 aromatic heterocycles. The number of carbonyl (C=O) groups is 1. The van der Waals surface area contributed by atoms with Gasteiger partial charge in [0.15, 0.2) is 0 Å². The number of pyridine rings is 1. The Labute approximate surface area is 103 Å². The van der Waals surface area contributed by atoms with Gasteiger partial charge in [-0.05, 0) is 19.1 Å². The first-order valence-electron chi connectivity index (χ1n) is 4.87. The monoisotopic (exact) mass is 248 g/mol. The molecule has 1 N–H and O–H groups in total. The first-order valence-corrected chi connectivity index (χ1v) is 5.25. The van der Waals surface area contributed by atoms with Crippen molar-refractivity contribution in [1.29, 1.82) is 0 Å². The molecule has 2 aromatic rings. The molecule has 0 aliphatic heterocycles. The lowest BCUT2D eigenvalue weighted by Gasteiger charge is -2.05. The maximum absolute atomic E-state index is 11.9. The number of aromatic nitrogens is 3. The molecule has 0 aromatic carbocycles. The molecule has 0 atom stereocenters.